The van der Waals surface area contributed by atoms with Crippen molar-refractivity contribution in [3.63, 3.8) is 0 Å². The van der Waals surface area contributed by atoms with Crippen LogP contribution in [0.3, 0.4) is 0 Å². The first-order valence-corrected chi connectivity index (χ1v) is 26.4. The fourth-order valence-corrected chi connectivity index (χ4v) is 7.27. The fourth-order valence-electron chi connectivity index (χ4n) is 7.27. The minimum absolute atomic E-state index is 0.0865. The molecular formula is C57H98O6. The topological polar surface area (TPSA) is 78.9 Å². The Morgan fingerprint density at radius 3 is 0.968 bits per heavy atom. The van der Waals surface area contributed by atoms with E-state index in [0.717, 1.165) is 96.3 Å². The fraction of sp³-hybridized carbons (Fsp3) is 0.737. The number of carbonyl (C=O) groups excluding carboxylic acids is 3. The standard InChI is InChI=1S/C57H98O6/c1-4-7-10-13-16-19-21-23-25-26-27-28-29-30-32-33-35-38-41-44-47-50-56(59)62-53-54(52-61-55(58)49-46-43-40-37-18-15-12-9-6-3)63-57(60)51-48-45-42-39-36-34-31-24-22-20-17-14-11-8-5-2/h7,10,16,19,23,25,27-28,30,32,35,38,54H,4-6,8-9,11-15,17-18,20-22,24,26,29,31,33-34,36-37,39-53H2,1-3H3/b10-7-,19-16-,25-23-,28-27-,32-30-,38-35-. The molecular weight excluding hydrogens is 781 g/mol. The van der Waals surface area contributed by atoms with Gasteiger partial charge < -0.3 is 14.2 Å². The lowest BCUT2D eigenvalue weighted by Gasteiger charge is -2.18. The van der Waals surface area contributed by atoms with Crippen molar-refractivity contribution >= 4 is 17.9 Å². The molecule has 1 unspecified atom stereocenters. The molecule has 1 atom stereocenters. The normalized spacial score (nSPS) is 12.6. The largest absolute Gasteiger partial charge is 0.462 e. The monoisotopic (exact) mass is 879 g/mol. The number of hydrogen-bond acceptors (Lipinski definition) is 6. The van der Waals surface area contributed by atoms with Gasteiger partial charge in [-0.3, -0.25) is 14.4 Å². The van der Waals surface area contributed by atoms with Crippen LogP contribution in [0.5, 0.6) is 0 Å². The van der Waals surface area contributed by atoms with Crippen molar-refractivity contribution in [3.8, 4) is 0 Å². The maximum atomic E-state index is 12.8. The molecule has 6 heteroatoms. The van der Waals surface area contributed by atoms with Crippen LogP contribution in [-0.4, -0.2) is 37.2 Å². The second kappa shape index (κ2) is 51.5. The van der Waals surface area contributed by atoms with Gasteiger partial charge in [-0.25, -0.2) is 0 Å². The van der Waals surface area contributed by atoms with Gasteiger partial charge in [0.1, 0.15) is 13.2 Å². The first-order valence-electron chi connectivity index (χ1n) is 26.4. The summed E-state index contributed by atoms with van der Waals surface area (Å²) in [6, 6.07) is 0. The quantitative estimate of drug-likeness (QED) is 0.0262. The molecule has 0 amide bonds. The molecule has 0 fully saturated rings. The first-order chi connectivity index (χ1) is 31.0. The molecule has 63 heavy (non-hydrogen) atoms. The molecule has 0 aliphatic rings. The molecule has 0 N–H and O–H groups in total. The van der Waals surface area contributed by atoms with Crippen molar-refractivity contribution in [2.75, 3.05) is 13.2 Å². The second-order valence-electron chi connectivity index (χ2n) is 17.4. The highest BCUT2D eigenvalue weighted by atomic mass is 16.6. The number of ether oxygens (including phenoxy) is 3. The van der Waals surface area contributed by atoms with E-state index in [4.69, 9.17) is 14.2 Å². The molecule has 6 nitrogen and oxygen atoms in total. The van der Waals surface area contributed by atoms with E-state index >= 15 is 0 Å². The summed E-state index contributed by atoms with van der Waals surface area (Å²) < 4.78 is 16.7. The van der Waals surface area contributed by atoms with Crippen molar-refractivity contribution in [2.24, 2.45) is 0 Å². The van der Waals surface area contributed by atoms with Crippen LogP contribution >= 0.6 is 0 Å². The van der Waals surface area contributed by atoms with Gasteiger partial charge in [0.05, 0.1) is 0 Å². The Kier molecular flexibility index (Phi) is 48.9. The van der Waals surface area contributed by atoms with Crippen LogP contribution in [0.2, 0.25) is 0 Å². The third-order valence-corrected chi connectivity index (χ3v) is 11.2. The number of unbranched alkanes of at least 4 members (excludes halogenated alkanes) is 24. The smallest absolute Gasteiger partial charge is 0.306 e. The maximum Gasteiger partial charge on any atom is 0.306 e. The zero-order valence-electron chi connectivity index (χ0n) is 41.3. The number of allylic oxidation sites excluding steroid dienone is 12. The second-order valence-corrected chi connectivity index (χ2v) is 17.4. The van der Waals surface area contributed by atoms with E-state index in [1.54, 1.807) is 0 Å². The van der Waals surface area contributed by atoms with Gasteiger partial charge in [0.25, 0.3) is 0 Å². The molecule has 0 aliphatic heterocycles. The molecule has 0 saturated heterocycles. The van der Waals surface area contributed by atoms with E-state index in [0.29, 0.717) is 19.3 Å². The molecule has 0 aromatic carbocycles. The molecule has 0 rings (SSSR count). The molecule has 0 radical (unpaired) electrons. The Bertz CT molecular complexity index is 1190. The van der Waals surface area contributed by atoms with E-state index in [9.17, 15) is 14.4 Å². The predicted molar refractivity (Wildman–Crippen MR) is 270 cm³/mol. The van der Waals surface area contributed by atoms with E-state index in [1.807, 2.05) is 0 Å². The Labute approximate surface area is 389 Å². The highest BCUT2D eigenvalue weighted by molar-refractivity contribution is 5.71. The van der Waals surface area contributed by atoms with Crippen LogP contribution in [0.1, 0.15) is 252 Å². The molecule has 0 aromatic heterocycles. The average molecular weight is 879 g/mol. The summed E-state index contributed by atoms with van der Waals surface area (Å²) >= 11 is 0. The zero-order valence-corrected chi connectivity index (χ0v) is 41.3. The summed E-state index contributed by atoms with van der Waals surface area (Å²) in [7, 11) is 0. The van der Waals surface area contributed by atoms with Gasteiger partial charge in [-0.1, -0.05) is 235 Å². The highest BCUT2D eigenvalue weighted by Gasteiger charge is 2.19. The molecule has 0 heterocycles. The lowest BCUT2D eigenvalue weighted by Crippen LogP contribution is -2.30. The van der Waals surface area contributed by atoms with Gasteiger partial charge in [-0.15, -0.1) is 0 Å². The Balaban J connectivity index is 4.38. The van der Waals surface area contributed by atoms with Crippen molar-refractivity contribution in [1.82, 2.24) is 0 Å². The number of hydrogen-bond donors (Lipinski definition) is 0. The Morgan fingerprint density at radius 2 is 0.619 bits per heavy atom. The lowest BCUT2D eigenvalue weighted by molar-refractivity contribution is -0.167. The molecule has 0 saturated carbocycles. The van der Waals surface area contributed by atoms with Crippen molar-refractivity contribution in [3.05, 3.63) is 72.9 Å². The van der Waals surface area contributed by atoms with Crippen LogP contribution in [-0.2, 0) is 28.6 Å². The summed E-state index contributed by atoms with van der Waals surface area (Å²) in [6.45, 7) is 6.48. The highest BCUT2D eigenvalue weighted by Crippen LogP contribution is 2.15. The SMILES string of the molecule is CC/C=C\C/C=C\C/C=C\C/C=C\C/C=C\C/C=C\CCCCC(=O)OCC(COC(=O)CCCCCCCCCCC)OC(=O)CCCCCCCCCCCCCCCCC. The minimum atomic E-state index is -0.788. The van der Waals surface area contributed by atoms with Gasteiger partial charge in [0.2, 0.25) is 0 Å². The third-order valence-electron chi connectivity index (χ3n) is 11.2. The van der Waals surface area contributed by atoms with Crippen molar-refractivity contribution in [2.45, 2.75) is 258 Å². The first kappa shape index (κ1) is 59.9. The molecule has 362 valence electrons. The van der Waals surface area contributed by atoms with Crippen molar-refractivity contribution < 1.29 is 28.6 Å². The molecule has 0 spiro atoms. The third kappa shape index (κ3) is 49.7. The van der Waals surface area contributed by atoms with Gasteiger partial charge in [-0.2, -0.15) is 0 Å². The summed E-state index contributed by atoms with van der Waals surface area (Å²) in [5.74, 6) is -0.929. The van der Waals surface area contributed by atoms with Gasteiger partial charge in [0, 0.05) is 19.3 Å². The van der Waals surface area contributed by atoms with E-state index in [2.05, 4.69) is 93.7 Å². The lowest BCUT2D eigenvalue weighted by atomic mass is 10.0. The van der Waals surface area contributed by atoms with Gasteiger partial charge in [0.15, 0.2) is 6.10 Å². The predicted octanol–water partition coefficient (Wildman–Crippen LogP) is 17.4. The minimum Gasteiger partial charge on any atom is -0.462 e. The van der Waals surface area contributed by atoms with E-state index in [1.165, 1.54) is 116 Å². The van der Waals surface area contributed by atoms with Crippen LogP contribution < -0.4 is 0 Å². The number of esters is 3. The number of carbonyl (C=O) groups is 3. The van der Waals surface area contributed by atoms with Crippen LogP contribution in [0, 0.1) is 0 Å². The van der Waals surface area contributed by atoms with Crippen LogP contribution in [0.15, 0.2) is 72.9 Å². The molecule has 0 aliphatic carbocycles. The van der Waals surface area contributed by atoms with E-state index < -0.39 is 6.10 Å². The van der Waals surface area contributed by atoms with E-state index in [-0.39, 0.29) is 31.1 Å². The van der Waals surface area contributed by atoms with Crippen LogP contribution in [0.25, 0.3) is 0 Å². The summed E-state index contributed by atoms with van der Waals surface area (Å²) in [5.41, 5.74) is 0. The Morgan fingerprint density at radius 1 is 0.333 bits per heavy atom. The number of rotatable bonds is 47. The summed E-state index contributed by atoms with van der Waals surface area (Å²) in [5, 5.41) is 0. The molecule has 0 bridgehead atoms. The summed E-state index contributed by atoms with van der Waals surface area (Å²) in [4.78, 5) is 37.9. The van der Waals surface area contributed by atoms with Crippen LogP contribution in [0.4, 0.5) is 0 Å². The molecule has 0 aromatic rings. The van der Waals surface area contributed by atoms with Gasteiger partial charge >= 0.3 is 17.9 Å². The van der Waals surface area contributed by atoms with Gasteiger partial charge in [-0.05, 0) is 70.6 Å². The zero-order chi connectivity index (χ0) is 45.8. The maximum absolute atomic E-state index is 12.8. The van der Waals surface area contributed by atoms with Crippen molar-refractivity contribution in [1.29, 1.82) is 0 Å². The summed E-state index contributed by atoms with van der Waals surface area (Å²) in [6.07, 6.45) is 64.6. The Hall–Kier alpha value is -3.15. The average Bonchev–Trinajstić information content (AvgIpc) is 3.28.